The van der Waals surface area contributed by atoms with Gasteiger partial charge in [-0.2, -0.15) is 5.10 Å². The molecule has 1 atom stereocenters. The number of hydrogen-bond donors (Lipinski definition) is 2. The molecule has 0 fully saturated rings. The predicted molar refractivity (Wildman–Crippen MR) is 59.0 cm³/mol. The zero-order chi connectivity index (χ0) is 12.3. The fourth-order valence-electron chi connectivity index (χ4n) is 1.45. The summed E-state index contributed by atoms with van der Waals surface area (Å²) in [4.78, 5) is 10.8. The molecule has 0 aliphatic rings. The molecule has 5 nitrogen and oxygen atoms in total. The van der Waals surface area contributed by atoms with Crippen molar-refractivity contribution in [1.29, 1.82) is 0 Å². The van der Waals surface area contributed by atoms with Gasteiger partial charge in [0.05, 0.1) is 0 Å². The molecule has 0 aliphatic heterocycles. The monoisotopic (exact) mass is 226 g/mol. The summed E-state index contributed by atoms with van der Waals surface area (Å²) in [6, 6.07) is 1.74. The maximum atomic E-state index is 10.8. The second-order valence-electron chi connectivity index (χ2n) is 4.65. The molecule has 2 N–H and O–H groups in total. The largest absolute Gasteiger partial charge is 0.479 e. The van der Waals surface area contributed by atoms with Gasteiger partial charge in [-0.3, -0.25) is 4.68 Å². The summed E-state index contributed by atoms with van der Waals surface area (Å²) >= 11 is 0. The molecular formula is C11H18N2O3. The van der Waals surface area contributed by atoms with Crippen LogP contribution in [0.25, 0.3) is 0 Å². The van der Waals surface area contributed by atoms with E-state index in [1.165, 1.54) is 6.92 Å². The molecule has 1 unspecified atom stereocenters. The summed E-state index contributed by atoms with van der Waals surface area (Å²) in [7, 11) is 0. The standard InChI is InChI=1S/C11H18N2O3/c1-8(2)7-13-9(4-5-12-13)6-11(3,16)10(14)15/h4-5,8,16H,6-7H2,1-3H3,(H,14,15). The minimum atomic E-state index is -1.74. The first-order valence-corrected chi connectivity index (χ1v) is 5.29. The summed E-state index contributed by atoms with van der Waals surface area (Å²) < 4.78 is 1.74. The van der Waals surface area contributed by atoms with Gasteiger partial charge >= 0.3 is 5.97 Å². The molecule has 1 aromatic rings. The Kier molecular flexibility index (Phi) is 3.70. The number of carboxylic acid groups (broad SMARTS) is 1. The highest BCUT2D eigenvalue weighted by atomic mass is 16.4. The molecule has 0 saturated carbocycles. The molecular weight excluding hydrogens is 208 g/mol. The van der Waals surface area contributed by atoms with Crippen LogP contribution in [0.3, 0.4) is 0 Å². The highest BCUT2D eigenvalue weighted by molar-refractivity contribution is 5.76. The Bertz CT molecular complexity index is 369. The zero-order valence-corrected chi connectivity index (χ0v) is 9.84. The molecule has 5 heteroatoms. The normalized spacial score (nSPS) is 15.1. The second-order valence-corrected chi connectivity index (χ2v) is 4.65. The van der Waals surface area contributed by atoms with Crippen LogP contribution in [0.2, 0.25) is 0 Å². The first-order chi connectivity index (χ1) is 7.33. The van der Waals surface area contributed by atoms with Crippen molar-refractivity contribution in [2.45, 2.75) is 39.3 Å². The molecule has 16 heavy (non-hydrogen) atoms. The fourth-order valence-corrected chi connectivity index (χ4v) is 1.45. The lowest BCUT2D eigenvalue weighted by molar-refractivity contribution is -0.156. The average Bonchev–Trinajstić information content (AvgIpc) is 2.50. The third-order valence-corrected chi connectivity index (χ3v) is 2.33. The molecule has 1 heterocycles. The predicted octanol–water partition coefficient (Wildman–Crippen LogP) is 0.917. The van der Waals surface area contributed by atoms with E-state index in [1.807, 2.05) is 0 Å². The zero-order valence-electron chi connectivity index (χ0n) is 9.84. The Labute approximate surface area is 94.7 Å². The van der Waals surface area contributed by atoms with Crippen LogP contribution in [0.4, 0.5) is 0 Å². The van der Waals surface area contributed by atoms with Gasteiger partial charge in [0.15, 0.2) is 5.60 Å². The van der Waals surface area contributed by atoms with Crippen molar-refractivity contribution in [2.75, 3.05) is 0 Å². The lowest BCUT2D eigenvalue weighted by Gasteiger charge is -2.19. The highest BCUT2D eigenvalue weighted by Crippen LogP contribution is 2.14. The Balaban J connectivity index is 2.81. The number of hydrogen-bond acceptors (Lipinski definition) is 3. The smallest absolute Gasteiger partial charge is 0.335 e. The highest BCUT2D eigenvalue weighted by Gasteiger charge is 2.31. The van der Waals surface area contributed by atoms with Crippen LogP contribution in [0.5, 0.6) is 0 Å². The average molecular weight is 226 g/mol. The third kappa shape index (κ3) is 3.06. The topological polar surface area (TPSA) is 75.3 Å². The van der Waals surface area contributed by atoms with Crippen LogP contribution in [0, 0.1) is 5.92 Å². The molecule has 1 rings (SSSR count). The van der Waals surface area contributed by atoms with Gasteiger partial charge in [-0.05, 0) is 18.9 Å². The van der Waals surface area contributed by atoms with E-state index in [0.717, 1.165) is 12.2 Å². The number of aliphatic carboxylic acids is 1. The summed E-state index contributed by atoms with van der Waals surface area (Å²) in [5, 5.41) is 22.6. The van der Waals surface area contributed by atoms with Crippen molar-refractivity contribution in [3.8, 4) is 0 Å². The first-order valence-electron chi connectivity index (χ1n) is 5.29. The van der Waals surface area contributed by atoms with Crippen molar-refractivity contribution in [1.82, 2.24) is 9.78 Å². The third-order valence-electron chi connectivity index (χ3n) is 2.33. The van der Waals surface area contributed by atoms with Crippen molar-refractivity contribution in [3.63, 3.8) is 0 Å². The van der Waals surface area contributed by atoms with Crippen LogP contribution >= 0.6 is 0 Å². The molecule has 0 amide bonds. The lowest BCUT2D eigenvalue weighted by atomic mass is 10.0. The Morgan fingerprint density at radius 1 is 1.62 bits per heavy atom. The summed E-state index contributed by atoms with van der Waals surface area (Å²) in [5.41, 5.74) is -1.00. The molecule has 0 aromatic carbocycles. The van der Waals surface area contributed by atoms with Crippen LogP contribution < -0.4 is 0 Å². The van der Waals surface area contributed by atoms with Crippen molar-refractivity contribution in [2.24, 2.45) is 5.92 Å². The van der Waals surface area contributed by atoms with E-state index in [-0.39, 0.29) is 6.42 Å². The second kappa shape index (κ2) is 4.65. The van der Waals surface area contributed by atoms with Gasteiger partial charge in [0.1, 0.15) is 0 Å². The van der Waals surface area contributed by atoms with E-state index in [9.17, 15) is 9.90 Å². The summed E-state index contributed by atoms with van der Waals surface area (Å²) in [6.45, 7) is 6.13. The van der Waals surface area contributed by atoms with E-state index < -0.39 is 11.6 Å². The number of aliphatic hydroxyl groups is 1. The number of carbonyl (C=O) groups is 1. The molecule has 0 aliphatic carbocycles. The minimum absolute atomic E-state index is 0.0645. The Morgan fingerprint density at radius 3 is 2.75 bits per heavy atom. The van der Waals surface area contributed by atoms with Gasteiger partial charge in [-0.15, -0.1) is 0 Å². The minimum Gasteiger partial charge on any atom is -0.479 e. The first kappa shape index (κ1) is 12.7. The summed E-state index contributed by atoms with van der Waals surface area (Å²) in [5.74, 6) is -0.793. The molecule has 0 spiro atoms. The SMILES string of the molecule is CC(C)Cn1nccc1CC(C)(O)C(=O)O. The van der Waals surface area contributed by atoms with Crippen molar-refractivity contribution >= 4 is 5.97 Å². The number of carboxylic acids is 1. The van der Waals surface area contributed by atoms with E-state index in [2.05, 4.69) is 18.9 Å². The molecule has 0 saturated heterocycles. The van der Waals surface area contributed by atoms with Gasteiger partial charge in [0, 0.05) is 24.9 Å². The fraction of sp³-hybridized carbons (Fsp3) is 0.636. The van der Waals surface area contributed by atoms with E-state index in [0.29, 0.717) is 5.92 Å². The molecule has 0 bridgehead atoms. The number of rotatable bonds is 5. The van der Waals surface area contributed by atoms with Crippen molar-refractivity contribution in [3.05, 3.63) is 18.0 Å². The number of aromatic nitrogens is 2. The van der Waals surface area contributed by atoms with Crippen LogP contribution in [-0.4, -0.2) is 31.6 Å². The van der Waals surface area contributed by atoms with Gasteiger partial charge in [0.2, 0.25) is 0 Å². The molecule has 0 radical (unpaired) electrons. The quantitative estimate of drug-likeness (QED) is 0.782. The van der Waals surface area contributed by atoms with Gasteiger partial charge in [-0.1, -0.05) is 13.8 Å². The van der Waals surface area contributed by atoms with E-state index >= 15 is 0 Å². The Morgan fingerprint density at radius 2 is 2.25 bits per heavy atom. The summed E-state index contributed by atoms with van der Waals surface area (Å²) in [6.07, 6.45) is 1.69. The lowest BCUT2D eigenvalue weighted by Crippen LogP contribution is -2.38. The molecule has 1 aromatic heterocycles. The maximum Gasteiger partial charge on any atom is 0.335 e. The van der Waals surface area contributed by atoms with Crippen molar-refractivity contribution < 1.29 is 15.0 Å². The van der Waals surface area contributed by atoms with E-state index in [1.54, 1.807) is 16.9 Å². The maximum absolute atomic E-state index is 10.8. The van der Waals surface area contributed by atoms with Gasteiger partial charge < -0.3 is 10.2 Å². The van der Waals surface area contributed by atoms with Gasteiger partial charge in [-0.25, -0.2) is 4.79 Å². The Hall–Kier alpha value is -1.36. The van der Waals surface area contributed by atoms with Crippen LogP contribution in [0.15, 0.2) is 12.3 Å². The van der Waals surface area contributed by atoms with E-state index in [4.69, 9.17) is 5.11 Å². The van der Waals surface area contributed by atoms with Crippen LogP contribution in [0.1, 0.15) is 26.5 Å². The van der Waals surface area contributed by atoms with Crippen LogP contribution in [-0.2, 0) is 17.8 Å². The van der Waals surface area contributed by atoms with Gasteiger partial charge in [0.25, 0.3) is 0 Å². The molecule has 90 valence electrons. The number of nitrogens with zero attached hydrogens (tertiary/aromatic N) is 2.